The van der Waals surface area contributed by atoms with Gasteiger partial charge >= 0.3 is 6.03 Å². The van der Waals surface area contributed by atoms with E-state index in [1.165, 1.54) is 6.07 Å². The number of hydrogen-bond donors (Lipinski definition) is 3. The van der Waals surface area contributed by atoms with E-state index in [1.807, 2.05) is 0 Å². The molecule has 0 saturated carbocycles. The van der Waals surface area contributed by atoms with Crippen molar-refractivity contribution < 1.29 is 23.1 Å². The third-order valence-electron chi connectivity index (χ3n) is 4.10. The zero-order chi connectivity index (χ0) is 19.2. The second-order valence-corrected chi connectivity index (χ2v) is 6.13. The Morgan fingerprint density at radius 3 is 2.33 bits per heavy atom. The van der Waals surface area contributed by atoms with Crippen molar-refractivity contribution in [2.45, 2.75) is 18.9 Å². The van der Waals surface area contributed by atoms with Gasteiger partial charge in [-0.3, -0.25) is 4.79 Å². The summed E-state index contributed by atoms with van der Waals surface area (Å²) in [4.78, 5) is 23.9. The highest BCUT2D eigenvalue weighted by Gasteiger charge is 2.16. The van der Waals surface area contributed by atoms with Crippen LogP contribution in [-0.4, -0.2) is 31.2 Å². The molecule has 1 atom stereocenters. The lowest BCUT2D eigenvalue weighted by atomic mass is 10.2. The van der Waals surface area contributed by atoms with Crippen molar-refractivity contribution in [1.29, 1.82) is 0 Å². The van der Waals surface area contributed by atoms with Crippen LogP contribution < -0.4 is 16.0 Å². The summed E-state index contributed by atoms with van der Waals surface area (Å²) in [5, 5.41) is 8.00. The Morgan fingerprint density at radius 2 is 1.70 bits per heavy atom. The van der Waals surface area contributed by atoms with E-state index in [-0.39, 0.29) is 17.7 Å². The molecule has 0 spiro atoms. The lowest BCUT2D eigenvalue weighted by Crippen LogP contribution is -2.35. The van der Waals surface area contributed by atoms with Crippen LogP contribution in [0.25, 0.3) is 0 Å². The van der Waals surface area contributed by atoms with Crippen molar-refractivity contribution in [2.75, 3.05) is 23.8 Å². The fourth-order valence-corrected chi connectivity index (χ4v) is 2.66. The minimum Gasteiger partial charge on any atom is -0.376 e. The summed E-state index contributed by atoms with van der Waals surface area (Å²) in [5.74, 6) is -2.67. The molecule has 0 bridgehead atoms. The van der Waals surface area contributed by atoms with Crippen molar-refractivity contribution in [3.05, 3.63) is 59.7 Å². The van der Waals surface area contributed by atoms with Gasteiger partial charge in [0.25, 0.3) is 5.91 Å². The molecule has 1 aliphatic rings. The van der Waals surface area contributed by atoms with Crippen LogP contribution >= 0.6 is 0 Å². The van der Waals surface area contributed by atoms with Gasteiger partial charge < -0.3 is 20.7 Å². The number of anilines is 2. The molecule has 142 valence electrons. The van der Waals surface area contributed by atoms with Gasteiger partial charge in [-0.15, -0.1) is 0 Å². The third-order valence-corrected chi connectivity index (χ3v) is 4.10. The first kappa shape index (κ1) is 18.8. The standard InChI is InChI=1S/C19H19F2N3O3/c20-16-8-3-12(10-17(16)21)18(25)23-13-4-6-14(7-5-13)24-19(26)22-11-15-2-1-9-27-15/h3-8,10,15H,1-2,9,11H2,(H,23,25)(H2,22,24,26). The molecule has 3 rings (SSSR count). The van der Waals surface area contributed by atoms with Crippen LogP contribution in [0.3, 0.4) is 0 Å². The molecule has 1 saturated heterocycles. The summed E-state index contributed by atoms with van der Waals surface area (Å²) < 4.78 is 31.6. The van der Waals surface area contributed by atoms with E-state index in [0.29, 0.717) is 17.9 Å². The number of carbonyl (C=O) groups is 2. The molecule has 0 aliphatic carbocycles. The highest BCUT2D eigenvalue weighted by atomic mass is 19.2. The summed E-state index contributed by atoms with van der Waals surface area (Å²) in [6.07, 6.45) is 2.00. The van der Waals surface area contributed by atoms with Gasteiger partial charge in [-0.25, -0.2) is 13.6 Å². The van der Waals surface area contributed by atoms with Gasteiger partial charge in [-0.05, 0) is 55.3 Å². The summed E-state index contributed by atoms with van der Waals surface area (Å²) in [6, 6.07) is 9.00. The van der Waals surface area contributed by atoms with Crippen molar-refractivity contribution in [2.24, 2.45) is 0 Å². The zero-order valence-corrected chi connectivity index (χ0v) is 14.4. The number of benzene rings is 2. The highest BCUT2D eigenvalue weighted by molar-refractivity contribution is 6.04. The first-order valence-corrected chi connectivity index (χ1v) is 8.54. The van der Waals surface area contributed by atoms with Crippen LogP contribution in [-0.2, 0) is 4.74 Å². The molecule has 0 aromatic heterocycles. The predicted octanol–water partition coefficient (Wildman–Crippen LogP) is 3.52. The molecule has 8 heteroatoms. The van der Waals surface area contributed by atoms with Crippen LogP contribution in [0.1, 0.15) is 23.2 Å². The van der Waals surface area contributed by atoms with Gasteiger partial charge in [0.1, 0.15) is 0 Å². The molecule has 1 fully saturated rings. The first-order valence-electron chi connectivity index (χ1n) is 8.54. The Hall–Kier alpha value is -3.00. The van der Waals surface area contributed by atoms with E-state index < -0.39 is 17.5 Å². The number of nitrogens with one attached hydrogen (secondary N) is 3. The molecular formula is C19H19F2N3O3. The van der Waals surface area contributed by atoms with Gasteiger partial charge in [0, 0.05) is 30.1 Å². The summed E-state index contributed by atoms with van der Waals surface area (Å²) in [7, 11) is 0. The molecule has 1 aliphatic heterocycles. The fraction of sp³-hybridized carbons (Fsp3) is 0.263. The van der Waals surface area contributed by atoms with E-state index >= 15 is 0 Å². The van der Waals surface area contributed by atoms with E-state index in [4.69, 9.17) is 4.74 Å². The second-order valence-electron chi connectivity index (χ2n) is 6.13. The lowest BCUT2D eigenvalue weighted by molar-refractivity contribution is 0.102. The normalized spacial score (nSPS) is 16.0. The summed E-state index contributed by atoms with van der Waals surface area (Å²) in [5.41, 5.74) is 1.00. The van der Waals surface area contributed by atoms with Gasteiger partial charge in [0.2, 0.25) is 0 Å². The Labute approximate surface area is 154 Å². The van der Waals surface area contributed by atoms with E-state index in [2.05, 4.69) is 16.0 Å². The second kappa shape index (κ2) is 8.59. The first-order chi connectivity index (χ1) is 13.0. The number of amides is 3. The zero-order valence-electron chi connectivity index (χ0n) is 14.4. The van der Waals surface area contributed by atoms with Crippen LogP contribution in [0, 0.1) is 11.6 Å². The molecule has 3 amide bonds. The molecule has 6 nitrogen and oxygen atoms in total. The minimum atomic E-state index is -1.09. The van der Waals surface area contributed by atoms with Crippen molar-refractivity contribution >= 4 is 23.3 Å². The van der Waals surface area contributed by atoms with Crippen molar-refractivity contribution in [1.82, 2.24) is 5.32 Å². The number of halogens is 2. The molecule has 1 heterocycles. The molecule has 2 aromatic rings. The Morgan fingerprint density at radius 1 is 1.00 bits per heavy atom. The van der Waals surface area contributed by atoms with E-state index in [1.54, 1.807) is 24.3 Å². The van der Waals surface area contributed by atoms with Crippen molar-refractivity contribution in [3.8, 4) is 0 Å². The van der Waals surface area contributed by atoms with Crippen LogP contribution in [0.4, 0.5) is 25.0 Å². The maximum Gasteiger partial charge on any atom is 0.319 e. The van der Waals surface area contributed by atoms with Gasteiger partial charge in [0.15, 0.2) is 11.6 Å². The number of carbonyl (C=O) groups excluding carboxylic acids is 2. The van der Waals surface area contributed by atoms with E-state index in [0.717, 1.165) is 31.6 Å². The average Bonchev–Trinajstić information content (AvgIpc) is 3.17. The average molecular weight is 375 g/mol. The fourth-order valence-electron chi connectivity index (χ4n) is 2.66. The Bertz CT molecular complexity index is 821. The number of urea groups is 1. The van der Waals surface area contributed by atoms with Gasteiger partial charge in [-0.1, -0.05) is 0 Å². The monoisotopic (exact) mass is 375 g/mol. The maximum absolute atomic E-state index is 13.2. The largest absolute Gasteiger partial charge is 0.376 e. The van der Waals surface area contributed by atoms with Gasteiger partial charge in [0.05, 0.1) is 6.10 Å². The quantitative estimate of drug-likeness (QED) is 0.748. The third kappa shape index (κ3) is 5.24. The Kier molecular flexibility index (Phi) is 5.97. The molecule has 3 N–H and O–H groups in total. The molecule has 27 heavy (non-hydrogen) atoms. The minimum absolute atomic E-state index is 0.00427. The predicted molar refractivity (Wildman–Crippen MR) is 96.7 cm³/mol. The highest BCUT2D eigenvalue weighted by Crippen LogP contribution is 2.16. The number of rotatable bonds is 5. The number of ether oxygens (including phenoxy) is 1. The van der Waals surface area contributed by atoms with Crippen LogP contribution in [0.2, 0.25) is 0 Å². The van der Waals surface area contributed by atoms with Crippen LogP contribution in [0.5, 0.6) is 0 Å². The summed E-state index contributed by atoms with van der Waals surface area (Å²) in [6.45, 7) is 1.18. The molecule has 0 radical (unpaired) electrons. The number of hydrogen-bond acceptors (Lipinski definition) is 3. The molecule has 2 aromatic carbocycles. The van der Waals surface area contributed by atoms with E-state index in [9.17, 15) is 18.4 Å². The summed E-state index contributed by atoms with van der Waals surface area (Å²) >= 11 is 0. The SMILES string of the molecule is O=C(NCC1CCCO1)Nc1ccc(NC(=O)c2ccc(F)c(F)c2)cc1. The lowest BCUT2D eigenvalue weighted by Gasteiger charge is -2.12. The van der Waals surface area contributed by atoms with Crippen molar-refractivity contribution in [3.63, 3.8) is 0 Å². The smallest absolute Gasteiger partial charge is 0.319 e. The van der Waals surface area contributed by atoms with Crippen LogP contribution in [0.15, 0.2) is 42.5 Å². The molecular weight excluding hydrogens is 356 g/mol. The topological polar surface area (TPSA) is 79.5 Å². The van der Waals surface area contributed by atoms with Gasteiger partial charge in [-0.2, -0.15) is 0 Å². The molecule has 1 unspecified atom stereocenters. The maximum atomic E-state index is 13.2. The Balaban J connectivity index is 1.51.